The maximum absolute atomic E-state index is 12.1. The van der Waals surface area contributed by atoms with Gasteiger partial charge in [0.2, 0.25) is 5.91 Å². The Morgan fingerprint density at radius 3 is 2.65 bits per heavy atom. The van der Waals surface area contributed by atoms with E-state index in [1.54, 1.807) is 24.9 Å². The van der Waals surface area contributed by atoms with Crippen LogP contribution in [-0.2, 0) is 24.9 Å². The zero-order chi connectivity index (χ0) is 23.7. The van der Waals surface area contributed by atoms with E-state index in [1.165, 1.54) is 0 Å². The Bertz CT molecular complexity index is 1370. The lowest BCUT2D eigenvalue weighted by atomic mass is 9.99. The number of aryl methyl sites for hydroxylation is 1. The number of pyridine rings is 1. The highest BCUT2D eigenvalue weighted by molar-refractivity contribution is 8.16. The van der Waals surface area contributed by atoms with Crippen LogP contribution in [0.3, 0.4) is 0 Å². The third-order valence-corrected chi connectivity index (χ3v) is 7.66. The Labute approximate surface area is 205 Å². The number of hydrogen-bond donors (Lipinski definition) is 1. The molecule has 1 aliphatic heterocycles. The molecule has 9 heteroatoms. The Kier molecular flexibility index (Phi) is 6.05. The minimum atomic E-state index is -0.778. The SMILES string of the molecule is Cn1c(COc2ccc(C[C@]3(C)SC(=O)NC3=O)cc2)nc2ccc(Sc3ccccn3)cc21. The maximum atomic E-state index is 12.1. The van der Waals surface area contributed by atoms with Gasteiger partial charge in [-0.15, -0.1) is 0 Å². The van der Waals surface area contributed by atoms with Gasteiger partial charge >= 0.3 is 0 Å². The summed E-state index contributed by atoms with van der Waals surface area (Å²) in [7, 11) is 1.98. The van der Waals surface area contributed by atoms with Crippen molar-refractivity contribution in [2.75, 3.05) is 0 Å². The van der Waals surface area contributed by atoms with Gasteiger partial charge in [0, 0.05) is 18.1 Å². The Balaban J connectivity index is 1.25. The number of carbonyl (C=O) groups excluding carboxylic acids is 2. The molecule has 2 amide bonds. The standard InChI is InChI=1S/C25H22N4O3S2/c1-25(23(30)28-24(31)34-25)14-16-6-8-17(9-7-16)32-15-21-27-19-11-10-18(13-20(19)29(21)2)33-22-5-3-4-12-26-22/h3-13H,14-15H2,1-2H3,(H,28,30,31)/t25-/m0/s1. The Hall–Kier alpha value is -3.30. The molecular weight excluding hydrogens is 468 g/mol. The molecule has 0 aliphatic carbocycles. The van der Waals surface area contributed by atoms with Gasteiger partial charge < -0.3 is 9.30 Å². The van der Waals surface area contributed by atoms with Crippen LogP contribution in [0.1, 0.15) is 18.3 Å². The van der Waals surface area contributed by atoms with Crippen molar-refractivity contribution in [3.63, 3.8) is 0 Å². The van der Waals surface area contributed by atoms with Crippen LogP contribution in [-0.4, -0.2) is 30.4 Å². The van der Waals surface area contributed by atoms with Crippen molar-refractivity contribution in [2.45, 2.75) is 34.6 Å². The summed E-state index contributed by atoms with van der Waals surface area (Å²) in [5, 5.41) is 3.01. The molecule has 4 aromatic rings. The summed E-state index contributed by atoms with van der Waals surface area (Å²) in [6.45, 7) is 2.12. The van der Waals surface area contributed by atoms with Crippen molar-refractivity contribution in [3.8, 4) is 5.75 Å². The summed E-state index contributed by atoms with van der Waals surface area (Å²) in [4.78, 5) is 33.8. The minimum Gasteiger partial charge on any atom is -0.486 e. The number of amides is 2. The van der Waals surface area contributed by atoms with Crippen LogP contribution in [0, 0.1) is 0 Å². The van der Waals surface area contributed by atoms with Crippen LogP contribution < -0.4 is 10.1 Å². The van der Waals surface area contributed by atoms with E-state index >= 15 is 0 Å². The number of aromatic nitrogens is 3. The van der Waals surface area contributed by atoms with E-state index in [0.29, 0.717) is 18.8 Å². The summed E-state index contributed by atoms with van der Waals surface area (Å²) in [6, 6.07) is 19.7. The number of imidazole rings is 1. The second-order valence-corrected chi connectivity index (χ2v) is 10.8. The fourth-order valence-corrected chi connectivity index (χ4v) is 5.54. The van der Waals surface area contributed by atoms with Gasteiger partial charge in [-0.05, 0) is 73.1 Å². The van der Waals surface area contributed by atoms with Crippen molar-refractivity contribution < 1.29 is 14.3 Å². The second-order valence-electron chi connectivity index (χ2n) is 8.19. The predicted octanol–water partition coefficient (Wildman–Crippen LogP) is 4.98. The molecule has 0 saturated carbocycles. The van der Waals surface area contributed by atoms with Crippen LogP contribution in [0.25, 0.3) is 11.0 Å². The number of benzene rings is 2. The van der Waals surface area contributed by atoms with Crippen molar-refractivity contribution in [1.82, 2.24) is 19.9 Å². The molecule has 172 valence electrons. The highest BCUT2D eigenvalue weighted by Gasteiger charge is 2.43. The smallest absolute Gasteiger partial charge is 0.286 e. The number of ether oxygens (including phenoxy) is 1. The molecular formula is C25H22N4O3S2. The van der Waals surface area contributed by atoms with E-state index < -0.39 is 4.75 Å². The van der Waals surface area contributed by atoms with E-state index in [0.717, 1.165) is 44.1 Å². The Morgan fingerprint density at radius 1 is 1.12 bits per heavy atom. The average molecular weight is 491 g/mol. The molecule has 0 radical (unpaired) electrons. The van der Waals surface area contributed by atoms with E-state index in [9.17, 15) is 9.59 Å². The number of nitrogens with one attached hydrogen (secondary N) is 1. The highest BCUT2D eigenvalue weighted by atomic mass is 32.2. The summed E-state index contributed by atoms with van der Waals surface area (Å²) >= 11 is 2.65. The number of imide groups is 1. The normalized spacial score (nSPS) is 17.8. The fraction of sp³-hybridized carbons (Fsp3) is 0.200. The third kappa shape index (κ3) is 4.67. The van der Waals surface area contributed by atoms with Gasteiger partial charge in [0.1, 0.15) is 28.0 Å². The number of fused-ring (bicyclic) bond motifs is 1. The molecule has 5 rings (SSSR count). The van der Waals surface area contributed by atoms with Gasteiger partial charge in [0.05, 0.1) is 11.0 Å². The zero-order valence-electron chi connectivity index (χ0n) is 18.6. The molecule has 2 aromatic carbocycles. The minimum absolute atomic E-state index is 0.244. The van der Waals surface area contributed by atoms with Crippen LogP contribution in [0.15, 0.2) is 76.8 Å². The highest BCUT2D eigenvalue weighted by Crippen LogP contribution is 2.35. The maximum Gasteiger partial charge on any atom is 0.286 e. The van der Waals surface area contributed by atoms with Crippen molar-refractivity contribution in [3.05, 3.63) is 78.2 Å². The largest absolute Gasteiger partial charge is 0.486 e. The molecule has 0 bridgehead atoms. The second kappa shape index (κ2) is 9.15. The number of rotatable bonds is 7. The molecule has 2 aromatic heterocycles. The topological polar surface area (TPSA) is 86.1 Å². The fourth-order valence-electron chi connectivity index (χ4n) is 3.80. The lowest BCUT2D eigenvalue weighted by molar-refractivity contribution is -0.121. The molecule has 1 fully saturated rings. The number of hydrogen-bond acceptors (Lipinski definition) is 7. The zero-order valence-corrected chi connectivity index (χ0v) is 20.3. The van der Waals surface area contributed by atoms with Gasteiger partial charge in [-0.1, -0.05) is 30.0 Å². The summed E-state index contributed by atoms with van der Waals surface area (Å²) < 4.78 is 7.24. The van der Waals surface area contributed by atoms with E-state index in [1.807, 2.05) is 60.1 Å². The molecule has 1 saturated heterocycles. The van der Waals surface area contributed by atoms with Crippen LogP contribution in [0.5, 0.6) is 5.75 Å². The van der Waals surface area contributed by atoms with Gasteiger partial charge in [0.25, 0.3) is 5.24 Å². The number of carbonyl (C=O) groups is 2. The molecule has 34 heavy (non-hydrogen) atoms. The number of thioether (sulfide) groups is 1. The summed E-state index contributed by atoms with van der Waals surface area (Å²) in [5.41, 5.74) is 2.91. The molecule has 1 N–H and O–H groups in total. The van der Waals surface area contributed by atoms with Crippen molar-refractivity contribution in [2.24, 2.45) is 7.05 Å². The monoisotopic (exact) mass is 490 g/mol. The first-order valence-electron chi connectivity index (χ1n) is 10.7. The van der Waals surface area contributed by atoms with E-state index in [2.05, 4.69) is 22.4 Å². The first-order chi connectivity index (χ1) is 16.4. The summed E-state index contributed by atoms with van der Waals surface area (Å²) in [5.74, 6) is 1.29. The molecule has 0 spiro atoms. The lowest BCUT2D eigenvalue weighted by Crippen LogP contribution is -2.35. The molecule has 7 nitrogen and oxygen atoms in total. The quantitative estimate of drug-likeness (QED) is 0.391. The van der Waals surface area contributed by atoms with Crippen LogP contribution >= 0.6 is 23.5 Å². The van der Waals surface area contributed by atoms with Gasteiger partial charge in [0.15, 0.2) is 0 Å². The predicted molar refractivity (Wildman–Crippen MR) is 133 cm³/mol. The van der Waals surface area contributed by atoms with Crippen LogP contribution in [0.4, 0.5) is 4.79 Å². The lowest BCUT2D eigenvalue weighted by Gasteiger charge is -2.18. The van der Waals surface area contributed by atoms with Crippen molar-refractivity contribution in [1.29, 1.82) is 0 Å². The van der Waals surface area contributed by atoms with E-state index in [-0.39, 0.29) is 11.1 Å². The third-order valence-electron chi connectivity index (χ3n) is 5.65. The summed E-state index contributed by atoms with van der Waals surface area (Å²) in [6.07, 6.45) is 2.26. The first kappa shape index (κ1) is 22.5. The molecule has 0 unspecified atom stereocenters. The Morgan fingerprint density at radius 2 is 1.94 bits per heavy atom. The number of nitrogens with zero attached hydrogens (tertiary/aromatic N) is 3. The van der Waals surface area contributed by atoms with Crippen molar-refractivity contribution >= 4 is 45.7 Å². The van der Waals surface area contributed by atoms with Crippen LogP contribution in [0.2, 0.25) is 0 Å². The molecule has 3 heterocycles. The van der Waals surface area contributed by atoms with Gasteiger partial charge in [-0.3, -0.25) is 14.9 Å². The van der Waals surface area contributed by atoms with Gasteiger partial charge in [-0.2, -0.15) is 0 Å². The average Bonchev–Trinajstić information content (AvgIpc) is 3.27. The molecule has 1 aliphatic rings. The van der Waals surface area contributed by atoms with Gasteiger partial charge in [-0.25, -0.2) is 9.97 Å². The first-order valence-corrected chi connectivity index (χ1v) is 12.3. The molecule has 1 atom stereocenters. The van der Waals surface area contributed by atoms with E-state index in [4.69, 9.17) is 9.72 Å².